The predicted molar refractivity (Wildman–Crippen MR) is 96.5 cm³/mol. The minimum absolute atomic E-state index is 0.245. The van der Waals surface area contributed by atoms with E-state index in [1.54, 1.807) is 19.3 Å². The van der Waals surface area contributed by atoms with Gasteiger partial charge in [-0.05, 0) is 62.9 Å². The molecule has 3 rings (SSSR count). The summed E-state index contributed by atoms with van der Waals surface area (Å²) in [4.78, 5) is 27.3. The lowest BCUT2D eigenvalue weighted by molar-refractivity contribution is -0.123. The van der Waals surface area contributed by atoms with E-state index in [1.165, 1.54) is 16.2 Å². The number of hydrogen-bond donors (Lipinski definition) is 0. The fourth-order valence-corrected chi connectivity index (χ4v) is 4.28. The lowest BCUT2D eigenvalue weighted by Crippen LogP contribution is -2.27. The van der Waals surface area contributed by atoms with Gasteiger partial charge in [0, 0.05) is 4.88 Å². The van der Waals surface area contributed by atoms with Gasteiger partial charge >= 0.3 is 0 Å². The van der Waals surface area contributed by atoms with E-state index in [0.717, 1.165) is 26.7 Å². The van der Waals surface area contributed by atoms with Crippen LogP contribution in [0.1, 0.15) is 10.4 Å². The molecule has 1 aliphatic heterocycles. The van der Waals surface area contributed by atoms with Crippen molar-refractivity contribution in [1.29, 1.82) is 0 Å². The maximum absolute atomic E-state index is 12.4. The number of rotatable bonds is 4. The molecule has 7 heteroatoms. The van der Waals surface area contributed by atoms with Crippen LogP contribution in [0.3, 0.4) is 0 Å². The average molecular weight is 410 g/mol. The number of benzene rings is 1. The second-order valence-corrected chi connectivity index (χ2v) is 7.58. The van der Waals surface area contributed by atoms with E-state index in [1.807, 2.05) is 29.6 Å². The fourth-order valence-electron chi connectivity index (χ4n) is 2.13. The van der Waals surface area contributed by atoms with Gasteiger partial charge in [-0.25, -0.2) is 0 Å². The summed E-state index contributed by atoms with van der Waals surface area (Å²) >= 11 is 5.92. The monoisotopic (exact) mass is 409 g/mol. The fraction of sp³-hybridized carbons (Fsp3) is 0.125. The standard InChI is InChI=1S/C16H12BrNO3S2/c1-21-13-5-4-10(7-12(13)17)9-18-15(19)14(23-16(18)20)8-11-3-2-6-22-11/h2-8H,9H2,1H3/b14-8-. The Kier molecular flexibility index (Phi) is 4.89. The minimum atomic E-state index is -0.250. The zero-order valence-corrected chi connectivity index (χ0v) is 15.3. The van der Waals surface area contributed by atoms with Gasteiger partial charge in [0.1, 0.15) is 5.75 Å². The van der Waals surface area contributed by atoms with Crippen molar-refractivity contribution in [2.75, 3.05) is 7.11 Å². The number of carbonyl (C=O) groups excluding carboxylic acids is 2. The van der Waals surface area contributed by atoms with Crippen LogP contribution in [0.15, 0.2) is 45.1 Å². The molecule has 2 heterocycles. The number of thiophene rings is 1. The van der Waals surface area contributed by atoms with Crippen LogP contribution in [0, 0.1) is 0 Å². The number of ether oxygens (including phenoxy) is 1. The number of carbonyl (C=O) groups is 2. The molecule has 0 spiro atoms. The zero-order valence-electron chi connectivity index (χ0n) is 12.1. The van der Waals surface area contributed by atoms with Crippen molar-refractivity contribution >= 4 is 56.3 Å². The lowest BCUT2D eigenvalue weighted by Gasteiger charge is -2.13. The van der Waals surface area contributed by atoms with Crippen LogP contribution in [-0.4, -0.2) is 23.2 Å². The summed E-state index contributed by atoms with van der Waals surface area (Å²) in [6.07, 6.45) is 1.76. The summed E-state index contributed by atoms with van der Waals surface area (Å²) in [6.45, 7) is 0.245. The van der Waals surface area contributed by atoms with Crippen LogP contribution in [0.25, 0.3) is 6.08 Å². The van der Waals surface area contributed by atoms with Gasteiger partial charge in [0.25, 0.3) is 11.1 Å². The smallest absolute Gasteiger partial charge is 0.293 e. The van der Waals surface area contributed by atoms with Gasteiger partial charge in [-0.3, -0.25) is 14.5 Å². The maximum atomic E-state index is 12.4. The number of halogens is 1. The molecule has 1 aromatic carbocycles. The average Bonchev–Trinajstić information content (AvgIpc) is 3.12. The van der Waals surface area contributed by atoms with Crippen LogP contribution < -0.4 is 4.74 Å². The van der Waals surface area contributed by atoms with Crippen LogP contribution >= 0.6 is 39.0 Å². The molecule has 0 radical (unpaired) electrons. The molecule has 0 aliphatic carbocycles. The Morgan fingerprint density at radius 1 is 1.30 bits per heavy atom. The van der Waals surface area contributed by atoms with Gasteiger partial charge in [-0.15, -0.1) is 11.3 Å². The van der Waals surface area contributed by atoms with E-state index in [9.17, 15) is 9.59 Å². The summed E-state index contributed by atoms with van der Waals surface area (Å²) in [5, 5.41) is 1.69. The first kappa shape index (κ1) is 16.3. The normalized spacial score (nSPS) is 16.4. The molecule has 0 N–H and O–H groups in total. The van der Waals surface area contributed by atoms with Crippen LogP contribution in [-0.2, 0) is 11.3 Å². The van der Waals surface area contributed by atoms with E-state index < -0.39 is 0 Å². The van der Waals surface area contributed by atoms with Crippen LogP contribution in [0.4, 0.5) is 4.79 Å². The number of imide groups is 1. The van der Waals surface area contributed by atoms with Crippen molar-refractivity contribution in [2.45, 2.75) is 6.54 Å². The quantitative estimate of drug-likeness (QED) is 0.683. The molecule has 0 atom stereocenters. The molecule has 4 nitrogen and oxygen atoms in total. The van der Waals surface area contributed by atoms with Crippen molar-refractivity contribution in [3.8, 4) is 5.75 Å². The third kappa shape index (κ3) is 3.52. The van der Waals surface area contributed by atoms with Crippen LogP contribution in [0.2, 0.25) is 0 Å². The highest BCUT2D eigenvalue weighted by molar-refractivity contribution is 9.10. The Hall–Kier alpha value is -1.57. The Balaban J connectivity index is 1.79. The number of nitrogens with zero attached hydrogens (tertiary/aromatic N) is 1. The Bertz CT molecular complexity index is 787. The SMILES string of the molecule is COc1ccc(CN2C(=O)S/C(=C\c3cccs3)C2=O)cc1Br. The molecular formula is C16H12BrNO3S2. The van der Waals surface area contributed by atoms with Gasteiger partial charge in [0.05, 0.1) is 23.0 Å². The van der Waals surface area contributed by atoms with Gasteiger partial charge in [-0.2, -0.15) is 0 Å². The van der Waals surface area contributed by atoms with Crippen LogP contribution in [0.5, 0.6) is 5.75 Å². The molecule has 0 unspecified atom stereocenters. The highest BCUT2D eigenvalue weighted by atomic mass is 79.9. The molecule has 0 saturated carbocycles. The molecule has 2 amide bonds. The Morgan fingerprint density at radius 2 is 2.13 bits per heavy atom. The summed E-state index contributed by atoms with van der Waals surface area (Å²) in [5.74, 6) is 0.459. The van der Waals surface area contributed by atoms with Gasteiger partial charge in [0.2, 0.25) is 0 Å². The highest BCUT2D eigenvalue weighted by Gasteiger charge is 2.35. The first-order chi connectivity index (χ1) is 11.1. The third-order valence-electron chi connectivity index (χ3n) is 3.25. The summed E-state index contributed by atoms with van der Waals surface area (Å²) in [5.41, 5.74) is 0.859. The summed E-state index contributed by atoms with van der Waals surface area (Å²) in [7, 11) is 1.59. The molecule has 1 saturated heterocycles. The Morgan fingerprint density at radius 3 is 2.78 bits per heavy atom. The van der Waals surface area contributed by atoms with Crippen molar-refractivity contribution in [3.05, 3.63) is 55.5 Å². The molecule has 1 fully saturated rings. The molecule has 2 aromatic rings. The summed E-state index contributed by atoms with van der Waals surface area (Å²) < 4.78 is 5.97. The Labute approximate surface area is 150 Å². The number of amides is 2. The van der Waals surface area contributed by atoms with Gasteiger partial charge in [-0.1, -0.05) is 12.1 Å². The highest BCUT2D eigenvalue weighted by Crippen LogP contribution is 2.34. The first-order valence-electron chi connectivity index (χ1n) is 6.70. The number of hydrogen-bond acceptors (Lipinski definition) is 5. The topological polar surface area (TPSA) is 46.6 Å². The largest absolute Gasteiger partial charge is 0.496 e. The first-order valence-corrected chi connectivity index (χ1v) is 9.18. The molecule has 23 heavy (non-hydrogen) atoms. The molecule has 118 valence electrons. The van der Waals surface area contributed by atoms with E-state index >= 15 is 0 Å². The molecule has 1 aliphatic rings. The predicted octanol–water partition coefficient (Wildman–Crippen LogP) is 4.76. The van der Waals surface area contributed by atoms with E-state index in [-0.39, 0.29) is 17.7 Å². The van der Waals surface area contributed by atoms with Gasteiger partial charge in [0.15, 0.2) is 0 Å². The molecule has 0 bridgehead atoms. The molecule has 1 aromatic heterocycles. The van der Waals surface area contributed by atoms with Crippen molar-refractivity contribution in [2.24, 2.45) is 0 Å². The second-order valence-electron chi connectivity index (χ2n) is 4.75. The van der Waals surface area contributed by atoms with Crippen molar-refractivity contribution in [1.82, 2.24) is 4.90 Å². The van der Waals surface area contributed by atoms with Crippen molar-refractivity contribution < 1.29 is 14.3 Å². The van der Waals surface area contributed by atoms with E-state index in [2.05, 4.69) is 15.9 Å². The van der Waals surface area contributed by atoms with Gasteiger partial charge < -0.3 is 4.74 Å². The zero-order chi connectivity index (χ0) is 16.4. The third-order valence-corrected chi connectivity index (χ3v) is 5.59. The lowest BCUT2D eigenvalue weighted by atomic mass is 10.2. The van der Waals surface area contributed by atoms with Crippen molar-refractivity contribution in [3.63, 3.8) is 0 Å². The maximum Gasteiger partial charge on any atom is 0.293 e. The summed E-state index contributed by atoms with van der Waals surface area (Å²) in [6, 6.07) is 9.33. The molecular weight excluding hydrogens is 398 g/mol. The van der Waals surface area contributed by atoms with E-state index in [0.29, 0.717) is 10.7 Å². The minimum Gasteiger partial charge on any atom is -0.496 e. The van der Waals surface area contributed by atoms with E-state index in [4.69, 9.17) is 4.74 Å². The number of thioether (sulfide) groups is 1. The second kappa shape index (κ2) is 6.90. The number of methoxy groups -OCH3 is 1.